The van der Waals surface area contributed by atoms with Gasteiger partial charge >= 0.3 is 6.09 Å². The number of ether oxygens (including phenoxy) is 1. The fourth-order valence-electron chi connectivity index (χ4n) is 3.07. The Hall–Kier alpha value is -2.82. The van der Waals surface area contributed by atoms with Gasteiger partial charge in [0.1, 0.15) is 0 Å². The first-order valence-electron chi connectivity index (χ1n) is 8.46. The largest absolute Gasteiger partial charge is 0.453 e. The average molecular weight is 338 g/mol. The van der Waals surface area contributed by atoms with E-state index in [4.69, 9.17) is 0 Å². The minimum atomic E-state index is -0.415. The van der Waals surface area contributed by atoms with E-state index in [-0.39, 0.29) is 11.9 Å². The Morgan fingerprint density at radius 1 is 0.960 bits per heavy atom. The fraction of sp³-hybridized carbons (Fsp3) is 0.300. The quantitative estimate of drug-likeness (QED) is 0.934. The monoisotopic (exact) mass is 338 g/mol. The number of nitrogens with zero attached hydrogens (tertiary/aromatic N) is 1. The van der Waals surface area contributed by atoms with Crippen molar-refractivity contribution in [3.8, 4) is 11.1 Å². The van der Waals surface area contributed by atoms with Crippen LogP contribution in [-0.4, -0.2) is 43.1 Å². The van der Waals surface area contributed by atoms with Crippen molar-refractivity contribution in [2.75, 3.05) is 20.2 Å². The molecule has 5 nitrogen and oxygen atoms in total. The van der Waals surface area contributed by atoms with E-state index in [1.165, 1.54) is 7.11 Å². The summed E-state index contributed by atoms with van der Waals surface area (Å²) >= 11 is 0. The number of hydrogen-bond donors (Lipinski definition) is 1. The van der Waals surface area contributed by atoms with Crippen LogP contribution in [0.15, 0.2) is 54.6 Å². The molecule has 0 spiro atoms. The Bertz CT molecular complexity index is 720. The highest BCUT2D eigenvalue weighted by Crippen LogP contribution is 2.21. The molecule has 0 aromatic heterocycles. The van der Waals surface area contributed by atoms with Crippen molar-refractivity contribution < 1.29 is 14.3 Å². The number of piperidine rings is 1. The van der Waals surface area contributed by atoms with Crippen LogP contribution in [-0.2, 0) is 4.74 Å². The lowest BCUT2D eigenvalue weighted by molar-refractivity contribution is 0.0704. The van der Waals surface area contributed by atoms with Crippen LogP contribution in [0.2, 0.25) is 0 Å². The second-order valence-electron chi connectivity index (χ2n) is 6.15. The summed E-state index contributed by atoms with van der Waals surface area (Å²) in [5.74, 6) is 0.0381. The van der Waals surface area contributed by atoms with E-state index >= 15 is 0 Å². The van der Waals surface area contributed by atoms with Crippen molar-refractivity contribution in [3.63, 3.8) is 0 Å². The third kappa shape index (κ3) is 4.18. The number of carbonyl (C=O) groups is 2. The Morgan fingerprint density at radius 3 is 2.16 bits per heavy atom. The lowest BCUT2D eigenvalue weighted by Crippen LogP contribution is -2.46. The third-order valence-corrected chi connectivity index (χ3v) is 4.53. The standard InChI is InChI=1S/C20H22N2O3/c1-25-20(24)21-18-11-13-22(14-12-18)19(23)17-9-7-16(8-10-17)15-5-3-2-4-6-15/h2-10,18H,11-14H2,1H3,(H,21,24). The SMILES string of the molecule is COC(=O)NC1CCN(C(=O)c2ccc(-c3ccccc3)cc2)CC1. The van der Waals surface area contributed by atoms with Gasteiger partial charge in [0.2, 0.25) is 0 Å². The molecule has 0 unspecified atom stereocenters. The zero-order valence-electron chi connectivity index (χ0n) is 14.3. The van der Waals surface area contributed by atoms with E-state index in [0.717, 1.165) is 24.0 Å². The van der Waals surface area contributed by atoms with Crippen molar-refractivity contribution in [2.24, 2.45) is 0 Å². The highest BCUT2D eigenvalue weighted by atomic mass is 16.5. The van der Waals surface area contributed by atoms with Gasteiger partial charge in [0.15, 0.2) is 0 Å². The van der Waals surface area contributed by atoms with Crippen LogP contribution in [0.4, 0.5) is 4.79 Å². The summed E-state index contributed by atoms with van der Waals surface area (Å²) in [4.78, 5) is 25.7. The zero-order valence-corrected chi connectivity index (χ0v) is 14.3. The molecule has 1 aliphatic rings. The van der Waals surface area contributed by atoms with Crippen LogP contribution in [0.1, 0.15) is 23.2 Å². The molecule has 1 fully saturated rings. The average Bonchev–Trinajstić information content (AvgIpc) is 2.69. The summed E-state index contributed by atoms with van der Waals surface area (Å²) in [6, 6.07) is 17.9. The van der Waals surface area contributed by atoms with Crippen LogP contribution >= 0.6 is 0 Å². The summed E-state index contributed by atoms with van der Waals surface area (Å²) < 4.78 is 4.61. The van der Waals surface area contributed by atoms with Gasteiger partial charge in [-0.2, -0.15) is 0 Å². The molecule has 3 rings (SSSR count). The van der Waals surface area contributed by atoms with E-state index in [2.05, 4.69) is 22.2 Å². The molecule has 25 heavy (non-hydrogen) atoms. The number of amides is 2. The summed E-state index contributed by atoms with van der Waals surface area (Å²) in [6.07, 6.45) is 1.06. The summed E-state index contributed by atoms with van der Waals surface area (Å²) in [5.41, 5.74) is 2.92. The smallest absolute Gasteiger partial charge is 0.407 e. The Labute approximate surface area is 147 Å². The van der Waals surface area contributed by atoms with E-state index < -0.39 is 6.09 Å². The molecule has 1 N–H and O–H groups in total. The van der Waals surface area contributed by atoms with Crippen LogP contribution in [0.3, 0.4) is 0 Å². The molecule has 0 aliphatic carbocycles. The molecule has 0 radical (unpaired) electrons. The number of hydrogen-bond acceptors (Lipinski definition) is 3. The number of nitrogens with one attached hydrogen (secondary N) is 1. The molecule has 0 saturated carbocycles. The van der Waals surface area contributed by atoms with E-state index in [0.29, 0.717) is 18.7 Å². The first-order valence-corrected chi connectivity index (χ1v) is 8.46. The zero-order chi connectivity index (χ0) is 17.6. The molecule has 1 heterocycles. The van der Waals surface area contributed by atoms with Crippen molar-refractivity contribution in [1.82, 2.24) is 10.2 Å². The Morgan fingerprint density at radius 2 is 1.56 bits per heavy atom. The summed E-state index contributed by atoms with van der Waals surface area (Å²) in [6.45, 7) is 1.27. The first kappa shape index (κ1) is 17.0. The molecule has 1 aliphatic heterocycles. The van der Waals surface area contributed by atoms with Gasteiger partial charge in [-0.1, -0.05) is 42.5 Å². The molecule has 130 valence electrons. The molecule has 5 heteroatoms. The number of benzene rings is 2. The molecule has 0 bridgehead atoms. The van der Waals surface area contributed by atoms with Gasteiger partial charge in [-0.05, 0) is 36.1 Å². The topological polar surface area (TPSA) is 58.6 Å². The third-order valence-electron chi connectivity index (χ3n) is 4.53. The van der Waals surface area contributed by atoms with E-state index in [1.54, 1.807) is 0 Å². The number of likely N-dealkylation sites (tertiary alicyclic amines) is 1. The lowest BCUT2D eigenvalue weighted by atomic mass is 10.0. The second-order valence-corrected chi connectivity index (χ2v) is 6.15. The molecule has 2 aromatic rings. The number of methoxy groups -OCH3 is 1. The highest BCUT2D eigenvalue weighted by molar-refractivity contribution is 5.94. The van der Waals surface area contributed by atoms with Crippen LogP contribution < -0.4 is 5.32 Å². The van der Waals surface area contributed by atoms with E-state index in [9.17, 15) is 9.59 Å². The molecule has 2 amide bonds. The maximum absolute atomic E-state index is 12.6. The fourth-order valence-corrected chi connectivity index (χ4v) is 3.07. The van der Waals surface area contributed by atoms with Crippen molar-refractivity contribution in [3.05, 3.63) is 60.2 Å². The van der Waals surface area contributed by atoms with Gasteiger partial charge in [-0.15, -0.1) is 0 Å². The molecular weight excluding hydrogens is 316 g/mol. The predicted octanol–water partition coefficient (Wildman–Crippen LogP) is 3.31. The molecule has 2 aromatic carbocycles. The van der Waals surface area contributed by atoms with Gasteiger partial charge in [-0.25, -0.2) is 4.79 Å². The molecule has 0 atom stereocenters. The Balaban J connectivity index is 1.59. The minimum Gasteiger partial charge on any atom is -0.453 e. The second kappa shape index (κ2) is 7.83. The van der Waals surface area contributed by atoms with Crippen molar-refractivity contribution in [1.29, 1.82) is 0 Å². The molecular formula is C20H22N2O3. The maximum Gasteiger partial charge on any atom is 0.407 e. The lowest BCUT2D eigenvalue weighted by Gasteiger charge is -2.32. The summed E-state index contributed by atoms with van der Waals surface area (Å²) in [7, 11) is 1.35. The molecule has 1 saturated heterocycles. The van der Waals surface area contributed by atoms with Crippen molar-refractivity contribution in [2.45, 2.75) is 18.9 Å². The van der Waals surface area contributed by atoms with Crippen LogP contribution in [0.5, 0.6) is 0 Å². The maximum atomic E-state index is 12.6. The summed E-state index contributed by atoms with van der Waals surface area (Å²) in [5, 5.41) is 2.79. The van der Waals surface area contributed by atoms with Gasteiger partial charge in [0, 0.05) is 24.7 Å². The predicted molar refractivity (Wildman–Crippen MR) is 96.3 cm³/mol. The van der Waals surface area contributed by atoms with Gasteiger partial charge in [0.25, 0.3) is 5.91 Å². The number of carbonyl (C=O) groups excluding carboxylic acids is 2. The van der Waals surface area contributed by atoms with Gasteiger partial charge in [0.05, 0.1) is 7.11 Å². The highest BCUT2D eigenvalue weighted by Gasteiger charge is 2.24. The number of rotatable bonds is 3. The first-order chi connectivity index (χ1) is 12.2. The van der Waals surface area contributed by atoms with E-state index in [1.807, 2.05) is 47.4 Å². The Kier molecular flexibility index (Phi) is 5.33. The van der Waals surface area contributed by atoms with Crippen LogP contribution in [0.25, 0.3) is 11.1 Å². The normalized spacial score (nSPS) is 14.8. The minimum absolute atomic E-state index is 0.0381. The van der Waals surface area contributed by atoms with Gasteiger partial charge < -0.3 is 15.0 Å². The van der Waals surface area contributed by atoms with Gasteiger partial charge in [-0.3, -0.25) is 4.79 Å². The van der Waals surface area contributed by atoms with Crippen LogP contribution in [0, 0.1) is 0 Å². The van der Waals surface area contributed by atoms with Crippen molar-refractivity contribution >= 4 is 12.0 Å². The number of alkyl carbamates (subject to hydrolysis) is 1.